The van der Waals surface area contributed by atoms with Gasteiger partial charge in [-0.15, -0.1) is 0 Å². The minimum atomic E-state index is -0.674. The summed E-state index contributed by atoms with van der Waals surface area (Å²) in [6.45, 7) is 8.14. The summed E-state index contributed by atoms with van der Waals surface area (Å²) in [7, 11) is 9.13. The maximum absolute atomic E-state index is 15.2. The van der Waals surface area contributed by atoms with Crippen LogP contribution in [-0.2, 0) is 47.5 Å². The number of nitrogens with zero attached hydrogens (tertiary/aromatic N) is 3. The minimum Gasteiger partial charge on any atom is -0.462 e. The number of rotatable bonds is 10. The van der Waals surface area contributed by atoms with Gasteiger partial charge in [0.15, 0.2) is 18.4 Å². The van der Waals surface area contributed by atoms with Gasteiger partial charge in [-0.25, -0.2) is 4.98 Å². The van der Waals surface area contributed by atoms with Gasteiger partial charge in [0.05, 0.1) is 36.5 Å². The molecular weight excluding hydrogens is 781 g/mol. The lowest BCUT2D eigenvalue weighted by Gasteiger charge is -2.44. The van der Waals surface area contributed by atoms with Gasteiger partial charge in [-0.2, -0.15) is 0 Å². The smallest absolute Gasteiger partial charge is 0.306 e. The number of esters is 1. The number of allylic oxidation sites excluding steroid dienone is 2. The number of hydrogen-bond acceptors (Lipinski definition) is 13. The van der Waals surface area contributed by atoms with Gasteiger partial charge < -0.3 is 47.8 Å². The van der Waals surface area contributed by atoms with Gasteiger partial charge in [0.1, 0.15) is 30.2 Å². The highest BCUT2D eigenvalue weighted by molar-refractivity contribution is 5.99. The van der Waals surface area contributed by atoms with E-state index in [0.29, 0.717) is 37.3 Å². The molecule has 0 bridgehead atoms. The summed E-state index contributed by atoms with van der Waals surface area (Å²) in [6.07, 6.45) is 8.57. The van der Waals surface area contributed by atoms with Crippen LogP contribution in [0.2, 0.25) is 0 Å². The molecule has 3 saturated heterocycles. The molecule has 61 heavy (non-hydrogen) atoms. The number of fused-ring (bicyclic) bond motifs is 8. The van der Waals surface area contributed by atoms with Crippen molar-refractivity contribution in [3.05, 3.63) is 47.6 Å². The Morgan fingerprint density at radius 2 is 1.69 bits per heavy atom. The molecule has 0 unspecified atom stereocenters. The topological polar surface area (TPSA) is 153 Å². The van der Waals surface area contributed by atoms with E-state index in [4.69, 9.17) is 42.9 Å². The molecule has 8 rings (SSSR count). The van der Waals surface area contributed by atoms with Gasteiger partial charge >= 0.3 is 5.97 Å². The number of nitrogens with one attached hydrogen (secondary N) is 1. The van der Waals surface area contributed by atoms with Crippen molar-refractivity contribution in [3.63, 3.8) is 0 Å². The maximum Gasteiger partial charge on any atom is 0.306 e. The molecule has 0 amide bonds. The van der Waals surface area contributed by atoms with Crippen LogP contribution in [0.3, 0.4) is 0 Å². The lowest BCUT2D eigenvalue weighted by Crippen LogP contribution is -2.59. The maximum atomic E-state index is 15.2. The molecule has 14 nitrogen and oxygen atoms in total. The molecule has 4 fully saturated rings. The van der Waals surface area contributed by atoms with E-state index in [1.54, 1.807) is 27.5 Å². The van der Waals surface area contributed by atoms with E-state index >= 15 is 4.79 Å². The number of ketones is 1. The summed E-state index contributed by atoms with van der Waals surface area (Å²) in [5.41, 5.74) is 3.50. The highest BCUT2D eigenvalue weighted by Gasteiger charge is 2.57. The number of Topliss-reactive ketones (excluding diaryl/α,β-unsaturated/α-hetero) is 1. The third-order valence-electron chi connectivity index (χ3n) is 14.9. The largest absolute Gasteiger partial charge is 0.462 e. The van der Waals surface area contributed by atoms with Gasteiger partial charge in [-0.05, 0) is 109 Å². The molecule has 5 heterocycles. The molecule has 6 aliphatic rings. The zero-order valence-corrected chi connectivity index (χ0v) is 37.5. The van der Waals surface area contributed by atoms with E-state index in [1.807, 2.05) is 32.2 Å². The summed E-state index contributed by atoms with van der Waals surface area (Å²) < 4.78 is 50.4. The van der Waals surface area contributed by atoms with Crippen molar-refractivity contribution in [2.24, 2.45) is 23.7 Å². The van der Waals surface area contributed by atoms with E-state index in [-0.39, 0.29) is 84.6 Å². The fraction of sp³-hybridized carbons (Fsp3) is 0.745. The molecule has 14 heteroatoms. The van der Waals surface area contributed by atoms with Gasteiger partial charge in [-0.3, -0.25) is 14.6 Å². The Labute approximate surface area is 361 Å². The standard InChI is InChI=1S/C47H68N4O10/c1-10-28-14-11-15-36(61-38-17-16-35(51(5)6)25(3)57-38)24(2)42(53)34-21-31-30-19-29(60-47-45(56-9)44(55-8)43(54-7)26(4)58-47)20-33(30)40-41(39(31)32(34)22-37(52)59-28)50-46(49-40)27-13-12-18-48-23-27/h12-13,18,21,23-26,28-33,35-36,38-39,43-45,47H,10-11,14-17,19-20,22H2,1-9H3,(H,49,50)/t24-,25-,26+,28+,29+,30+,31+,32-,33-,35+,36+,38+,39-,43+,44-,45-,47+/m1/s1. The molecular formula is C47H68N4O10. The second kappa shape index (κ2) is 18.9. The van der Waals surface area contributed by atoms with Crippen molar-refractivity contribution in [1.29, 1.82) is 0 Å². The Kier molecular flexibility index (Phi) is 13.8. The Morgan fingerprint density at radius 1 is 0.902 bits per heavy atom. The number of hydrogen-bond donors (Lipinski definition) is 1. The van der Waals surface area contributed by atoms with Crippen LogP contribution in [0.1, 0.15) is 109 Å². The molecule has 2 aromatic heterocycles. The number of pyridine rings is 1. The predicted octanol–water partition coefficient (Wildman–Crippen LogP) is 6.35. The van der Waals surface area contributed by atoms with Crippen LogP contribution in [0.5, 0.6) is 0 Å². The summed E-state index contributed by atoms with van der Waals surface area (Å²) >= 11 is 0. The number of cyclic esters (lactones) is 1. The SMILES string of the molecule is CC[C@H]1CCC[C@H](O[C@H]2CC[C@H](N(C)C)[C@@H](C)O2)[C@@H](C)C(=O)C2=C[C@H]3[C@@H]4C[C@H](O[C@@H]5O[C@@H](C)[C@H](OC)[C@@H](OC)[C@H]5OC)C[C@H]4c4[nH]c(-c5cccnc5)nc4[C@H]3[C@@H]2CC(=O)O1. The average molecular weight is 849 g/mol. The van der Waals surface area contributed by atoms with E-state index in [9.17, 15) is 4.79 Å². The number of ether oxygens (including phenoxy) is 8. The zero-order chi connectivity index (χ0) is 43.1. The number of H-pyrrole nitrogens is 1. The summed E-state index contributed by atoms with van der Waals surface area (Å²) in [6, 6.07) is 4.21. The quantitative estimate of drug-likeness (QED) is 0.265. The van der Waals surface area contributed by atoms with Crippen molar-refractivity contribution in [1.82, 2.24) is 19.9 Å². The van der Waals surface area contributed by atoms with Gasteiger partial charge in [0.2, 0.25) is 0 Å². The number of methoxy groups -OCH3 is 3. The second-order valence-electron chi connectivity index (χ2n) is 18.6. The molecule has 3 aliphatic heterocycles. The molecule has 1 N–H and O–H groups in total. The van der Waals surface area contributed by atoms with Gasteiger partial charge in [0.25, 0.3) is 0 Å². The fourth-order valence-electron chi connectivity index (χ4n) is 11.8. The van der Waals surface area contributed by atoms with Crippen molar-refractivity contribution in [3.8, 4) is 11.4 Å². The summed E-state index contributed by atoms with van der Waals surface area (Å²) in [5.74, 6) is -0.519. The van der Waals surface area contributed by atoms with Crippen molar-refractivity contribution >= 4 is 11.8 Å². The van der Waals surface area contributed by atoms with Gasteiger partial charge in [-0.1, -0.05) is 19.9 Å². The number of carbonyl (C=O) groups excluding carboxylic acids is 2. The zero-order valence-electron chi connectivity index (χ0n) is 37.5. The molecule has 0 radical (unpaired) electrons. The third-order valence-corrected chi connectivity index (χ3v) is 14.9. The van der Waals surface area contributed by atoms with Crippen LogP contribution in [-0.4, -0.2) is 134 Å². The van der Waals surface area contributed by atoms with Crippen molar-refractivity contribution in [2.45, 2.75) is 165 Å². The molecule has 0 aromatic carbocycles. The molecule has 3 aliphatic carbocycles. The van der Waals surface area contributed by atoms with E-state index in [2.05, 4.69) is 48.9 Å². The van der Waals surface area contributed by atoms with Crippen molar-refractivity contribution in [2.75, 3.05) is 35.4 Å². The minimum absolute atomic E-state index is 0.00356. The first-order chi connectivity index (χ1) is 29.4. The highest BCUT2D eigenvalue weighted by Crippen LogP contribution is 2.61. The van der Waals surface area contributed by atoms with Crippen LogP contribution < -0.4 is 0 Å². The number of aromatic amines is 1. The summed E-state index contributed by atoms with van der Waals surface area (Å²) in [5, 5.41) is 0. The van der Waals surface area contributed by atoms with Crippen LogP contribution >= 0.6 is 0 Å². The number of imidazole rings is 1. The average Bonchev–Trinajstić information content (AvgIpc) is 3.98. The lowest BCUT2D eigenvalue weighted by molar-refractivity contribution is -0.314. The Hall–Kier alpha value is -3.08. The third kappa shape index (κ3) is 8.77. The molecule has 1 saturated carbocycles. The van der Waals surface area contributed by atoms with Crippen LogP contribution in [0, 0.1) is 23.7 Å². The number of carbonyl (C=O) groups is 2. The fourth-order valence-corrected chi connectivity index (χ4v) is 11.8. The van der Waals surface area contributed by atoms with Crippen LogP contribution in [0.15, 0.2) is 36.2 Å². The van der Waals surface area contributed by atoms with Crippen LogP contribution in [0.25, 0.3) is 11.4 Å². The Balaban J connectivity index is 1.13. The molecule has 17 atom stereocenters. The lowest BCUT2D eigenvalue weighted by atomic mass is 9.67. The highest BCUT2D eigenvalue weighted by atomic mass is 16.7. The predicted molar refractivity (Wildman–Crippen MR) is 225 cm³/mol. The number of aromatic nitrogens is 3. The normalized spacial score (nSPS) is 40.6. The first kappa shape index (κ1) is 44.5. The van der Waals surface area contributed by atoms with Crippen LogP contribution in [0.4, 0.5) is 0 Å². The van der Waals surface area contributed by atoms with E-state index in [1.165, 1.54) is 0 Å². The number of likely N-dealkylation sites (N-methyl/N-ethyl adjacent to an activating group) is 1. The molecule has 336 valence electrons. The monoisotopic (exact) mass is 848 g/mol. The van der Waals surface area contributed by atoms with E-state index < -0.39 is 30.5 Å². The Morgan fingerprint density at radius 3 is 2.38 bits per heavy atom. The first-order valence-corrected chi connectivity index (χ1v) is 22.8. The second-order valence-corrected chi connectivity index (χ2v) is 18.6. The van der Waals surface area contributed by atoms with Crippen molar-refractivity contribution < 1.29 is 47.5 Å². The molecule has 2 aromatic rings. The first-order valence-electron chi connectivity index (χ1n) is 22.8. The van der Waals surface area contributed by atoms with E-state index in [0.717, 1.165) is 48.5 Å². The Bertz CT molecular complexity index is 1860. The molecule has 0 spiro atoms. The summed E-state index contributed by atoms with van der Waals surface area (Å²) in [4.78, 5) is 44.9. The van der Waals surface area contributed by atoms with Gasteiger partial charge in [0, 0.05) is 74.7 Å².